The van der Waals surface area contributed by atoms with E-state index in [-0.39, 0.29) is 23.9 Å². The van der Waals surface area contributed by atoms with E-state index in [0.29, 0.717) is 18.2 Å². The van der Waals surface area contributed by atoms with Crippen LogP contribution in [0.25, 0.3) is 11.5 Å². The molecule has 3 heterocycles. The summed E-state index contributed by atoms with van der Waals surface area (Å²) in [7, 11) is 0. The molecule has 3 rings (SSSR count). The predicted octanol–water partition coefficient (Wildman–Crippen LogP) is 2.83. The molecule has 3 aromatic heterocycles. The number of oxazole rings is 1. The van der Waals surface area contributed by atoms with Gasteiger partial charge >= 0.3 is 0 Å². The first-order valence-corrected chi connectivity index (χ1v) is 7.98. The second-order valence-electron chi connectivity index (χ2n) is 5.27. The van der Waals surface area contributed by atoms with Gasteiger partial charge < -0.3 is 19.0 Å². The summed E-state index contributed by atoms with van der Waals surface area (Å²) in [6, 6.07) is 5.25. The fourth-order valence-corrected chi connectivity index (χ4v) is 2.18. The van der Waals surface area contributed by atoms with E-state index in [4.69, 9.17) is 13.7 Å². The maximum Gasteiger partial charge on any atom is 0.274 e. The monoisotopic (exact) mass is 342 g/mol. The standard InChI is InChI=1S/C17H18N4O4/c1-2-3-8-23-17-12(5-4-7-18-17)10-19-16(22)14-15(24-11-20-14)13-6-9-25-21-13/h4-7,9,11H,2-3,8,10H2,1H3,(H,19,22). The molecule has 130 valence electrons. The van der Waals surface area contributed by atoms with Crippen LogP contribution < -0.4 is 10.1 Å². The molecule has 0 aliphatic carbocycles. The second-order valence-corrected chi connectivity index (χ2v) is 5.27. The lowest BCUT2D eigenvalue weighted by Gasteiger charge is -2.10. The number of nitrogens with zero attached hydrogens (tertiary/aromatic N) is 3. The third-order valence-corrected chi connectivity index (χ3v) is 3.48. The third kappa shape index (κ3) is 4.03. The largest absolute Gasteiger partial charge is 0.477 e. The summed E-state index contributed by atoms with van der Waals surface area (Å²) < 4.78 is 15.7. The van der Waals surface area contributed by atoms with Crippen molar-refractivity contribution in [2.24, 2.45) is 0 Å². The molecule has 0 atom stereocenters. The molecule has 8 heteroatoms. The normalized spacial score (nSPS) is 10.6. The minimum atomic E-state index is -0.380. The van der Waals surface area contributed by atoms with Crippen molar-refractivity contribution < 1.29 is 18.5 Å². The van der Waals surface area contributed by atoms with Gasteiger partial charge in [0, 0.05) is 24.4 Å². The van der Waals surface area contributed by atoms with Gasteiger partial charge in [0.05, 0.1) is 6.61 Å². The van der Waals surface area contributed by atoms with Crippen LogP contribution in [0.2, 0.25) is 0 Å². The summed E-state index contributed by atoms with van der Waals surface area (Å²) in [5.41, 5.74) is 1.34. The van der Waals surface area contributed by atoms with E-state index in [1.54, 1.807) is 18.3 Å². The van der Waals surface area contributed by atoms with Gasteiger partial charge in [0.25, 0.3) is 5.91 Å². The van der Waals surface area contributed by atoms with E-state index >= 15 is 0 Å². The third-order valence-electron chi connectivity index (χ3n) is 3.48. The molecule has 0 radical (unpaired) electrons. The quantitative estimate of drug-likeness (QED) is 0.628. The molecule has 0 aliphatic heterocycles. The van der Waals surface area contributed by atoms with Gasteiger partial charge in [0.2, 0.25) is 5.88 Å². The number of hydrogen-bond acceptors (Lipinski definition) is 7. The topological polar surface area (TPSA) is 103 Å². The number of aromatic nitrogens is 3. The Morgan fingerprint density at radius 2 is 2.24 bits per heavy atom. The summed E-state index contributed by atoms with van der Waals surface area (Å²) in [4.78, 5) is 20.6. The Morgan fingerprint density at radius 3 is 3.04 bits per heavy atom. The SMILES string of the molecule is CCCCOc1ncccc1CNC(=O)c1ncoc1-c1ccon1. The number of rotatable bonds is 8. The number of hydrogen-bond donors (Lipinski definition) is 1. The number of ether oxygens (including phenoxy) is 1. The molecule has 3 aromatic rings. The zero-order valence-electron chi connectivity index (χ0n) is 13.8. The van der Waals surface area contributed by atoms with Crippen LogP contribution in [-0.4, -0.2) is 27.6 Å². The van der Waals surface area contributed by atoms with Crippen LogP contribution in [0, 0.1) is 0 Å². The van der Waals surface area contributed by atoms with Gasteiger partial charge in [0.1, 0.15) is 6.26 Å². The number of carbonyl (C=O) groups is 1. The van der Waals surface area contributed by atoms with Crippen molar-refractivity contribution in [2.45, 2.75) is 26.3 Å². The molecule has 0 bridgehead atoms. The molecule has 0 fully saturated rings. The number of amides is 1. The van der Waals surface area contributed by atoms with Crippen LogP contribution in [0.5, 0.6) is 5.88 Å². The van der Waals surface area contributed by atoms with Crippen molar-refractivity contribution in [1.82, 2.24) is 20.4 Å². The van der Waals surface area contributed by atoms with E-state index in [9.17, 15) is 4.79 Å². The molecule has 1 N–H and O–H groups in total. The maximum absolute atomic E-state index is 12.4. The van der Waals surface area contributed by atoms with Gasteiger partial charge in [-0.3, -0.25) is 4.79 Å². The highest BCUT2D eigenvalue weighted by atomic mass is 16.5. The average molecular weight is 342 g/mol. The summed E-state index contributed by atoms with van der Waals surface area (Å²) in [6.07, 6.45) is 6.24. The van der Waals surface area contributed by atoms with Gasteiger partial charge in [-0.15, -0.1) is 0 Å². The fourth-order valence-electron chi connectivity index (χ4n) is 2.18. The summed E-state index contributed by atoms with van der Waals surface area (Å²) in [5, 5.41) is 6.55. The van der Waals surface area contributed by atoms with Crippen LogP contribution in [0.4, 0.5) is 0 Å². The first-order chi connectivity index (χ1) is 12.3. The Morgan fingerprint density at radius 1 is 1.32 bits per heavy atom. The van der Waals surface area contributed by atoms with E-state index in [1.807, 2.05) is 6.07 Å². The Hall–Kier alpha value is -3.16. The molecule has 8 nitrogen and oxygen atoms in total. The fraction of sp³-hybridized carbons (Fsp3) is 0.294. The average Bonchev–Trinajstić information content (AvgIpc) is 3.31. The first kappa shape index (κ1) is 16.7. The predicted molar refractivity (Wildman–Crippen MR) is 87.8 cm³/mol. The van der Waals surface area contributed by atoms with Crippen LogP contribution >= 0.6 is 0 Å². The molecule has 0 aliphatic rings. The van der Waals surface area contributed by atoms with Gasteiger partial charge in [-0.25, -0.2) is 9.97 Å². The molecule has 0 aromatic carbocycles. The zero-order valence-corrected chi connectivity index (χ0v) is 13.8. The lowest BCUT2D eigenvalue weighted by atomic mass is 10.2. The van der Waals surface area contributed by atoms with Gasteiger partial charge in [0.15, 0.2) is 23.5 Å². The maximum atomic E-state index is 12.4. The lowest BCUT2D eigenvalue weighted by molar-refractivity contribution is 0.0946. The number of carbonyl (C=O) groups excluding carboxylic acids is 1. The van der Waals surface area contributed by atoms with E-state index in [1.165, 1.54) is 12.7 Å². The molecular weight excluding hydrogens is 324 g/mol. The van der Waals surface area contributed by atoms with Crippen molar-refractivity contribution >= 4 is 5.91 Å². The number of unbranched alkanes of at least 4 members (excludes halogenated alkanes) is 1. The summed E-state index contributed by atoms with van der Waals surface area (Å²) in [6.45, 7) is 2.95. The minimum absolute atomic E-state index is 0.145. The van der Waals surface area contributed by atoms with E-state index in [2.05, 4.69) is 27.4 Å². The Kier molecular flexibility index (Phi) is 5.40. The number of nitrogens with one attached hydrogen (secondary N) is 1. The highest BCUT2D eigenvalue weighted by molar-refractivity contribution is 5.97. The van der Waals surface area contributed by atoms with Crippen molar-refractivity contribution in [2.75, 3.05) is 6.61 Å². The van der Waals surface area contributed by atoms with Crippen molar-refractivity contribution in [3.63, 3.8) is 0 Å². The molecule has 0 saturated heterocycles. The van der Waals surface area contributed by atoms with Crippen molar-refractivity contribution in [1.29, 1.82) is 0 Å². The first-order valence-electron chi connectivity index (χ1n) is 7.98. The molecule has 0 saturated carbocycles. The smallest absolute Gasteiger partial charge is 0.274 e. The molecule has 1 amide bonds. The van der Waals surface area contributed by atoms with E-state index in [0.717, 1.165) is 18.4 Å². The highest BCUT2D eigenvalue weighted by Gasteiger charge is 2.20. The van der Waals surface area contributed by atoms with Crippen LogP contribution in [0.3, 0.4) is 0 Å². The Labute approximate surface area is 144 Å². The highest BCUT2D eigenvalue weighted by Crippen LogP contribution is 2.21. The molecule has 0 spiro atoms. The Bertz CT molecular complexity index is 814. The zero-order chi connectivity index (χ0) is 17.5. The van der Waals surface area contributed by atoms with E-state index < -0.39 is 0 Å². The molecule has 25 heavy (non-hydrogen) atoms. The van der Waals surface area contributed by atoms with Crippen molar-refractivity contribution in [3.8, 4) is 17.3 Å². The summed E-state index contributed by atoms with van der Waals surface area (Å²) in [5.74, 6) is 0.403. The van der Waals surface area contributed by atoms with Crippen molar-refractivity contribution in [3.05, 3.63) is 48.3 Å². The molecular formula is C17H18N4O4. The number of pyridine rings is 1. The van der Waals surface area contributed by atoms with Gasteiger partial charge in [-0.05, 0) is 12.5 Å². The van der Waals surface area contributed by atoms with Crippen LogP contribution in [0.1, 0.15) is 35.8 Å². The molecule has 0 unspecified atom stereocenters. The Balaban J connectivity index is 1.67. The lowest BCUT2D eigenvalue weighted by Crippen LogP contribution is -2.24. The van der Waals surface area contributed by atoms with Crippen LogP contribution in [0.15, 0.2) is 46.0 Å². The summed E-state index contributed by atoms with van der Waals surface area (Å²) >= 11 is 0. The minimum Gasteiger partial charge on any atom is -0.477 e. The second kappa shape index (κ2) is 8.09. The van der Waals surface area contributed by atoms with Gasteiger partial charge in [-0.1, -0.05) is 24.6 Å². The van der Waals surface area contributed by atoms with Gasteiger partial charge in [-0.2, -0.15) is 0 Å². The van der Waals surface area contributed by atoms with Crippen LogP contribution in [-0.2, 0) is 6.54 Å².